The van der Waals surface area contributed by atoms with E-state index in [1.54, 1.807) is 0 Å². The predicted octanol–water partition coefficient (Wildman–Crippen LogP) is 2.81. The molecule has 1 aromatic rings. The average Bonchev–Trinajstić information content (AvgIpc) is 2.20. The van der Waals surface area contributed by atoms with Gasteiger partial charge in [-0.3, -0.25) is 9.59 Å². The van der Waals surface area contributed by atoms with E-state index in [4.69, 9.17) is 23.2 Å². The number of halogens is 3. The van der Waals surface area contributed by atoms with Crippen molar-refractivity contribution in [3.63, 3.8) is 0 Å². The maximum absolute atomic E-state index is 13.1. The van der Waals surface area contributed by atoms with Gasteiger partial charge in [-0.05, 0) is 35.3 Å². The van der Waals surface area contributed by atoms with Crippen LogP contribution in [0.3, 0.4) is 0 Å². The lowest BCUT2D eigenvalue weighted by molar-refractivity contribution is -0.120. The van der Waals surface area contributed by atoms with Gasteiger partial charge in [-0.25, -0.2) is 4.39 Å². The normalized spacial score (nSPS) is 11.0. The quantitative estimate of drug-likeness (QED) is 0.476. The minimum Gasteiger partial charge on any atom is -0.278 e. The zero-order valence-electron chi connectivity index (χ0n) is 7.73. The molecule has 0 unspecified atom stereocenters. The third kappa shape index (κ3) is 3.36. The van der Waals surface area contributed by atoms with Crippen LogP contribution < -0.4 is 0 Å². The summed E-state index contributed by atoms with van der Waals surface area (Å²) in [5.74, 6) is -0.631. The monoisotopic (exact) mass is 262 g/mol. The van der Waals surface area contributed by atoms with Crippen LogP contribution >= 0.6 is 23.2 Å². The van der Waals surface area contributed by atoms with Gasteiger partial charge in [0, 0.05) is 0 Å². The Morgan fingerprint density at radius 3 is 2.25 bits per heavy atom. The third-order valence-electron chi connectivity index (χ3n) is 1.56. The summed E-state index contributed by atoms with van der Waals surface area (Å²) >= 11 is 10.1. The number of hydrogen-bond acceptors (Lipinski definition) is 4. The van der Waals surface area contributed by atoms with E-state index in [1.807, 2.05) is 0 Å². The van der Waals surface area contributed by atoms with Crippen LogP contribution in [0.1, 0.15) is 0 Å². The highest BCUT2D eigenvalue weighted by Crippen LogP contribution is 2.18. The first-order valence-corrected chi connectivity index (χ1v) is 4.82. The van der Waals surface area contributed by atoms with Gasteiger partial charge in [0.1, 0.15) is 5.69 Å². The van der Waals surface area contributed by atoms with Crippen LogP contribution in [0.5, 0.6) is 0 Å². The average molecular weight is 263 g/mol. The molecule has 0 atom stereocenters. The van der Waals surface area contributed by atoms with Crippen molar-refractivity contribution in [2.45, 2.75) is 6.04 Å². The summed E-state index contributed by atoms with van der Waals surface area (Å²) in [6.07, 6.45) is 0. The molecular weight excluding hydrogens is 258 g/mol. The first kappa shape index (κ1) is 12.7. The summed E-state index contributed by atoms with van der Waals surface area (Å²) in [6.45, 7) is 0. The summed E-state index contributed by atoms with van der Waals surface area (Å²) in [5, 5.41) is 4.53. The number of azo groups is 1. The Morgan fingerprint density at radius 2 is 1.75 bits per heavy atom. The van der Waals surface area contributed by atoms with E-state index in [9.17, 15) is 14.0 Å². The standard InChI is InChI=1S/C9H5Cl2FN2O2/c10-8(15)7(9(11)16)14-13-6-4-2-1-3-5(6)12/h1-4,7H. The Morgan fingerprint density at radius 1 is 1.19 bits per heavy atom. The molecule has 0 aliphatic heterocycles. The second-order valence-electron chi connectivity index (χ2n) is 2.68. The Kier molecular flexibility index (Phi) is 4.52. The lowest BCUT2D eigenvalue weighted by Gasteiger charge is -1.99. The van der Waals surface area contributed by atoms with Gasteiger partial charge in [-0.1, -0.05) is 12.1 Å². The molecule has 7 heteroatoms. The maximum atomic E-state index is 13.1. The van der Waals surface area contributed by atoms with Crippen LogP contribution in [0, 0.1) is 5.82 Å². The SMILES string of the molecule is O=C(Cl)C(N=Nc1ccccc1F)C(=O)Cl. The van der Waals surface area contributed by atoms with E-state index in [-0.39, 0.29) is 5.69 Å². The van der Waals surface area contributed by atoms with E-state index >= 15 is 0 Å². The lowest BCUT2D eigenvalue weighted by atomic mass is 10.3. The molecular formula is C9H5Cl2FN2O2. The van der Waals surface area contributed by atoms with Crippen LogP contribution in [0.2, 0.25) is 0 Å². The molecule has 0 aliphatic rings. The van der Waals surface area contributed by atoms with E-state index in [1.165, 1.54) is 18.2 Å². The zero-order chi connectivity index (χ0) is 12.1. The molecule has 4 nitrogen and oxygen atoms in total. The Labute approximate surface area is 100 Å². The van der Waals surface area contributed by atoms with Crippen LogP contribution in [0.4, 0.5) is 10.1 Å². The van der Waals surface area contributed by atoms with E-state index < -0.39 is 22.3 Å². The van der Waals surface area contributed by atoms with Crippen molar-refractivity contribution in [1.82, 2.24) is 0 Å². The highest BCUT2D eigenvalue weighted by atomic mass is 35.5. The van der Waals surface area contributed by atoms with Crippen molar-refractivity contribution in [2.75, 3.05) is 0 Å². The molecule has 0 N–H and O–H groups in total. The van der Waals surface area contributed by atoms with E-state index in [2.05, 4.69) is 10.2 Å². The number of hydrogen-bond donors (Lipinski definition) is 0. The fraction of sp³-hybridized carbons (Fsp3) is 0.111. The molecule has 1 rings (SSSR count). The number of nitrogens with zero attached hydrogens (tertiary/aromatic N) is 2. The fourth-order valence-electron chi connectivity index (χ4n) is 0.833. The zero-order valence-corrected chi connectivity index (χ0v) is 9.24. The highest BCUT2D eigenvalue weighted by Gasteiger charge is 2.22. The Hall–Kier alpha value is -1.33. The highest BCUT2D eigenvalue weighted by molar-refractivity contribution is 6.74. The number of carbonyl (C=O) groups is 2. The molecule has 84 valence electrons. The number of benzene rings is 1. The van der Waals surface area contributed by atoms with Crippen molar-refractivity contribution in [3.05, 3.63) is 30.1 Å². The predicted molar refractivity (Wildman–Crippen MR) is 56.4 cm³/mol. The molecule has 0 aliphatic carbocycles. The second kappa shape index (κ2) is 5.67. The van der Waals surface area contributed by atoms with Crippen LogP contribution in [-0.2, 0) is 9.59 Å². The van der Waals surface area contributed by atoms with Crippen molar-refractivity contribution in [3.8, 4) is 0 Å². The Balaban J connectivity index is 2.91. The second-order valence-corrected chi connectivity index (χ2v) is 3.42. The Bertz CT molecular complexity index is 437. The fourth-order valence-corrected chi connectivity index (χ4v) is 1.17. The summed E-state index contributed by atoms with van der Waals surface area (Å²) in [6, 6.07) is 3.87. The van der Waals surface area contributed by atoms with Gasteiger partial charge in [-0.15, -0.1) is 0 Å². The van der Waals surface area contributed by atoms with Gasteiger partial charge in [0.05, 0.1) is 0 Å². The molecule has 0 saturated heterocycles. The molecule has 0 bridgehead atoms. The van der Waals surface area contributed by atoms with E-state index in [0.29, 0.717) is 0 Å². The lowest BCUT2D eigenvalue weighted by Crippen LogP contribution is -2.19. The van der Waals surface area contributed by atoms with Gasteiger partial charge in [-0.2, -0.15) is 10.2 Å². The van der Waals surface area contributed by atoms with Gasteiger partial charge < -0.3 is 0 Å². The molecule has 0 amide bonds. The largest absolute Gasteiger partial charge is 0.278 e. The van der Waals surface area contributed by atoms with Crippen molar-refractivity contribution in [1.29, 1.82) is 0 Å². The summed E-state index contributed by atoms with van der Waals surface area (Å²) < 4.78 is 13.1. The first-order chi connectivity index (χ1) is 7.52. The van der Waals surface area contributed by atoms with Crippen LogP contribution in [0.25, 0.3) is 0 Å². The van der Waals surface area contributed by atoms with Crippen LogP contribution in [0.15, 0.2) is 34.5 Å². The summed E-state index contributed by atoms with van der Waals surface area (Å²) in [7, 11) is 0. The number of rotatable bonds is 4. The molecule has 0 fully saturated rings. The van der Waals surface area contributed by atoms with Crippen molar-refractivity contribution < 1.29 is 14.0 Å². The molecule has 16 heavy (non-hydrogen) atoms. The minimum atomic E-state index is -1.61. The smallest absolute Gasteiger partial charge is 0.257 e. The van der Waals surface area contributed by atoms with Crippen molar-refractivity contribution in [2.24, 2.45) is 10.2 Å². The number of carbonyl (C=O) groups excluding carboxylic acids is 2. The van der Waals surface area contributed by atoms with E-state index in [0.717, 1.165) is 6.07 Å². The van der Waals surface area contributed by atoms with Crippen LogP contribution in [-0.4, -0.2) is 16.5 Å². The van der Waals surface area contributed by atoms with Crippen molar-refractivity contribution >= 4 is 39.4 Å². The maximum Gasteiger partial charge on any atom is 0.257 e. The first-order valence-electron chi connectivity index (χ1n) is 4.06. The summed E-state index contributed by atoms with van der Waals surface area (Å²) in [4.78, 5) is 21.4. The topological polar surface area (TPSA) is 58.9 Å². The molecule has 0 heterocycles. The van der Waals surface area contributed by atoms with Gasteiger partial charge >= 0.3 is 0 Å². The molecule has 0 spiro atoms. The summed E-state index contributed by atoms with van der Waals surface area (Å²) in [5.41, 5.74) is -0.108. The minimum absolute atomic E-state index is 0.108. The van der Waals surface area contributed by atoms with Gasteiger partial charge in [0.25, 0.3) is 10.5 Å². The van der Waals surface area contributed by atoms with Gasteiger partial charge in [0.15, 0.2) is 5.82 Å². The van der Waals surface area contributed by atoms with Gasteiger partial charge in [0.2, 0.25) is 6.04 Å². The molecule has 0 saturated carbocycles. The molecule has 0 radical (unpaired) electrons. The molecule has 1 aromatic carbocycles. The third-order valence-corrected chi connectivity index (χ3v) is 1.98. The molecule has 0 aromatic heterocycles.